The van der Waals surface area contributed by atoms with E-state index in [0.29, 0.717) is 5.56 Å². The highest BCUT2D eigenvalue weighted by Crippen LogP contribution is 2.38. The Labute approximate surface area is 88.1 Å². The Bertz CT molecular complexity index is 374. The van der Waals surface area contributed by atoms with Gasteiger partial charge >= 0.3 is 5.97 Å². The van der Waals surface area contributed by atoms with E-state index in [0.717, 1.165) is 22.4 Å². The fourth-order valence-corrected chi connectivity index (χ4v) is 3.66. The molecule has 0 spiro atoms. The molecule has 1 aromatic rings. The van der Waals surface area contributed by atoms with Crippen molar-refractivity contribution in [3.8, 4) is 0 Å². The van der Waals surface area contributed by atoms with Gasteiger partial charge in [-0.2, -0.15) is 0 Å². The zero-order valence-corrected chi connectivity index (χ0v) is 9.41. The van der Waals surface area contributed by atoms with Gasteiger partial charge in [0.05, 0.1) is 9.35 Å². The molecule has 1 aliphatic heterocycles. The van der Waals surface area contributed by atoms with Crippen LogP contribution >= 0.6 is 27.3 Å². The van der Waals surface area contributed by atoms with E-state index in [1.54, 1.807) is 0 Å². The Morgan fingerprint density at radius 3 is 2.92 bits per heavy atom. The monoisotopic (exact) mass is 261 g/mol. The first kappa shape index (κ1) is 9.18. The van der Waals surface area contributed by atoms with E-state index in [9.17, 15) is 4.79 Å². The van der Waals surface area contributed by atoms with E-state index in [1.165, 1.54) is 16.2 Å². The Balaban J connectivity index is 2.52. The minimum Gasteiger partial charge on any atom is -0.478 e. The van der Waals surface area contributed by atoms with Crippen LogP contribution in [0.3, 0.4) is 0 Å². The van der Waals surface area contributed by atoms with Crippen LogP contribution in [0, 0.1) is 0 Å². The highest BCUT2D eigenvalue weighted by Gasteiger charge is 2.27. The lowest BCUT2D eigenvalue weighted by Crippen LogP contribution is -2.09. The summed E-state index contributed by atoms with van der Waals surface area (Å²) in [7, 11) is 1.99. The van der Waals surface area contributed by atoms with Crippen molar-refractivity contribution in [1.29, 1.82) is 0 Å². The van der Waals surface area contributed by atoms with Crippen LogP contribution in [0.25, 0.3) is 0 Å². The van der Waals surface area contributed by atoms with Crippen molar-refractivity contribution in [2.24, 2.45) is 0 Å². The van der Waals surface area contributed by atoms with Crippen molar-refractivity contribution in [2.75, 3.05) is 7.05 Å². The molecule has 1 aromatic heterocycles. The van der Waals surface area contributed by atoms with E-state index in [2.05, 4.69) is 20.8 Å². The number of carbonyl (C=O) groups is 1. The summed E-state index contributed by atoms with van der Waals surface area (Å²) in [5.74, 6) is -0.834. The molecule has 2 heterocycles. The zero-order valence-electron chi connectivity index (χ0n) is 7.00. The maximum atomic E-state index is 10.9. The molecule has 13 heavy (non-hydrogen) atoms. The van der Waals surface area contributed by atoms with Crippen LogP contribution in [0.4, 0.5) is 0 Å². The zero-order chi connectivity index (χ0) is 9.59. The molecule has 0 aliphatic carbocycles. The Hall–Kier alpha value is -0.390. The molecular formula is C8H8BrNO2S. The molecule has 1 aliphatic rings. The molecule has 1 N–H and O–H groups in total. The smallest absolute Gasteiger partial charge is 0.338 e. The topological polar surface area (TPSA) is 40.5 Å². The van der Waals surface area contributed by atoms with Gasteiger partial charge < -0.3 is 5.11 Å². The maximum absolute atomic E-state index is 10.9. The molecule has 0 unspecified atom stereocenters. The second-order valence-corrected chi connectivity index (χ2v) is 5.55. The summed E-state index contributed by atoms with van der Waals surface area (Å²) in [5, 5.41) is 8.96. The van der Waals surface area contributed by atoms with Crippen LogP contribution in [0.1, 0.15) is 20.8 Å². The molecule has 5 heteroatoms. The molecule has 0 saturated carbocycles. The SMILES string of the molecule is CN1Cc2sc(Br)c(C(=O)O)c2C1. The highest BCUT2D eigenvalue weighted by molar-refractivity contribution is 9.11. The molecule has 0 bridgehead atoms. The van der Waals surface area contributed by atoms with Gasteiger partial charge in [-0.1, -0.05) is 0 Å². The molecule has 3 nitrogen and oxygen atoms in total. The molecule has 0 aromatic carbocycles. The van der Waals surface area contributed by atoms with Gasteiger partial charge in [0.15, 0.2) is 0 Å². The predicted molar refractivity (Wildman–Crippen MR) is 54.1 cm³/mol. The van der Waals surface area contributed by atoms with Crippen LogP contribution < -0.4 is 0 Å². The molecule has 0 atom stereocenters. The van der Waals surface area contributed by atoms with Crippen LogP contribution in [0.5, 0.6) is 0 Å². The van der Waals surface area contributed by atoms with Crippen LogP contribution in [-0.2, 0) is 13.1 Å². The van der Waals surface area contributed by atoms with Gasteiger partial charge in [-0.3, -0.25) is 4.90 Å². The molecular weight excluding hydrogens is 254 g/mol. The number of hydrogen-bond donors (Lipinski definition) is 1. The van der Waals surface area contributed by atoms with E-state index in [-0.39, 0.29) is 0 Å². The van der Waals surface area contributed by atoms with E-state index in [4.69, 9.17) is 5.11 Å². The van der Waals surface area contributed by atoms with Crippen LogP contribution in [0.2, 0.25) is 0 Å². The summed E-state index contributed by atoms with van der Waals surface area (Å²) in [6.07, 6.45) is 0. The van der Waals surface area contributed by atoms with Gasteiger partial charge in [0.25, 0.3) is 0 Å². The third-order valence-corrected chi connectivity index (χ3v) is 3.99. The Morgan fingerprint density at radius 2 is 2.31 bits per heavy atom. The summed E-state index contributed by atoms with van der Waals surface area (Å²) in [6.45, 7) is 1.62. The summed E-state index contributed by atoms with van der Waals surface area (Å²) in [5.41, 5.74) is 1.43. The molecule has 2 rings (SSSR count). The number of carboxylic acids is 1. The van der Waals surface area contributed by atoms with E-state index < -0.39 is 5.97 Å². The number of halogens is 1. The van der Waals surface area contributed by atoms with Crippen LogP contribution in [-0.4, -0.2) is 23.0 Å². The Morgan fingerprint density at radius 1 is 1.62 bits per heavy atom. The number of carboxylic acid groups (broad SMARTS) is 1. The predicted octanol–water partition coefficient (Wildman–Crippen LogP) is 2.15. The van der Waals surface area contributed by atoms with Crippen molar-refractivity contribution < 1.29 is 9.90 Å². The van der Waals surface area contributed by atoms with Gasteiger partial charge in [-0.25, -0.2) is 4.79 Å². The number of rotatable bonds is 1. The lowest BCUT2D eigenvalue weighted by molar-refractivity contribution is 0.0695. The summed E-state index contributed by atoms with van der Waals surface area (Å²) >= 11 is 4.81. The Kier molecular flexibility index (Phi) is 2.17. The summed E-state index contributed by atoms with van der Waals surface area (Å²) in [4.78, 5) is 14.2. The third-order valence-electron chi connectivity index (χ3n) is 2.10. The number of fused-ring (bicyclic) bond motifs is 1. The first-order valence-electron chi connectivity index (χ1n) is 3.81. The number of nitrogens with zero attached hydrogens (tertiary/aromatic N) is 1. The highest BCUT2D eigenvalue weighted by atomic mass is 79.9. The molecule has 0 radical (unpaired) electrons. The van der Waals surface area contributed by atoms with Gasteiger partial charge in [0.1, 0.15) is 0 Å². The minimum atomic E-state index is -0.834. The first-order chi connectivity index (χ1) is 6.09. The average molecular weight is 262 g/mol. The normalized spacial score (nSPS) is 16.2. The third kappa shape index (κ3) is 1.41. The first-order valence-corrected chi connectivity index (χ1v) is 5.42. The van der Waals surface area contributed by atoms with Gasteiger partial charge in [0, 0.05) is 18.0 Å². The lowest BCUT2D eigenvalue weighted by Gasteiger charge is -2.05. The maximum Gasteiger partial charge on any atom is 0.338 e. The van der Waals surface area contributed by atoms with Crippen molar-refractivity contribution >= 4 is 33.2 Å². The fourth-order valence-electron chi connectivity index (χ4n) is 1.56. The quantitative estimate of drug-likeness (QED) is 0.843. The summed E-state index contributed by atoms with van der Waals surface area (Å²) < 4.78 is 0.748. The number of aromatic carboxylic acids is 1. The van der Waals surface area contributed by atoms with E-state index >= 15 is 0 Å². The second-order valence-electron chi connectivity index (χ2n) is 3.13. The number of hydrogen-bond acceptors (Lipinski definition) is 3. The molecule has 0 amide bonds. The van der Waals surface area contributed by atoms with Crippen LogP contribution in [0.15, 0.2) is 3.79 Å². The lowest BCUT2D eigenvalue weighted by atomic mass is 10.2. The average Bonchev–Trinajstić information content (AvgIpc) is 2.41. The standard InChI is InChI=1S/C8H8BrNO2S/c1-10-2-4-5(3-10)13-7(9)6(4)8(11)12/h2-3H2,1H3,(H,11,12). The minimum absolute atomic E-state index is 0.448. The van der Waals surface area contributed by atoms with Crippen molar-refractivity contribution in [1.82, 2.24) is 4.90 Å². The molecule has 0 fully saturated rings. The second kappa shape index (κ2) is 3.08. The van der Waals surface area contributed by atoms with Crippen molar-refractivity contribution in [2.45, 2.75) is 13.1 Å². The molecule has 70 valence electrons. The van der Waals surface area contributed by atoms with Gasteiger partial charge in [0.2, 0.25) is 0 Å². The van der Waals surface area contributed by atoms with Crippen molar-refractivity contribution in [3.05, 3.63) is 19.8 Å². The summed E-state index contributed by atoms with van der Waals surface area (Å²) in [6, 6.07) is 0. The van der Waals surface area contributed by atoms with Gasteiger partial charge in [-0.15, -0.1) is 11.3 Å². The largest absolute Gasteiger partial charge is 0.478 e. The number of thiophene rings is 1. The van der Waals surface area contributed by atoms with Crippen molar-refractivity contribution in [3.63, 3.8) is 0 Å². The van der Waals surface area contributed by atoms with E-state index in [1.807, 2.05) is 7.05 Å². The molecule has 0 saturated heterocycles. The fraction of sp³-hybridized carbons (Fsp3) is 0.375. The van der Waals surface area contributed by atoms with Gasteiger partial charge in [-0.05, 0) is 28.5 Å².